The number of thiophene rings is 1. The average Bonchev–Trinajstić information content (AvgIpc) is 3.36. The van der Waals surface area contributed by atoms with Crippen molar-refractivity contribution < 1.29 is 9.53 Å². The summed E-state index contributed by atoms with van der Waals surface area (Å²) in [4.78, 5) is 32.6. The van der Waals surface area contributed by atoms with Crippen molar-refractivity contribution in [2.45, 2.75) is 20.3 Å². The van der Waals surface area contributed by atoms with E-state index >= 15 is 0 Å². The van der Waals surface area contributed by atoms with Crippen LogP contribution in [0, 0.1) is 6.92 Å². The molecule has 0 fully saturated rings. The van der Waals surface area contributed by atoms with Gasteiger partial charge in [0.1, 0.15) is 27.5 Å². The van der Waals surface area contributed by atoms with Gasteiger partial charge in [-0.05, 0) is 43.5 Å². The molecule has 0 spiro atoms. The fourth-order valence-electron chi connectivity index (χ4n) is 4.01. The molecule has 8 heteroatoms. The van der Waals surface area contributed by atoms with Gasteiger partial charge in [-0.15, -0.1) is 11.3 Å². The first kappa shape index (κ1) is 18.7. The van der Waals surface area contributed by atoms with Crippen LogP contribution in [0.25, 0.3) is 26.8 Å². The van der Waals surface area contributed by atoms with Crippen LogP contribution in [0.4, 0.5) is 5.82 Å². The smallest absolute Gasteiger partial charge is 0.348 e. The first-order chi connectivity index (χ1) is 14.7. The van der Waals surface area contributed by atoms with Gasteiger partial charge in [0.2, 0.25) is 0 Å². The molecule has 5 rings (SSSR count). The van der Waals surface area contributed by atoms with Gasteiger partial charge in [-0.1, -0.05) is 6.08 Å². The number of aryl methyl sites for hydroxylation is 1. The van der Waals surface area contributed by atoms with Crippen LogP contribution in [-0.2, 0) is 4.74 Å². The van der Waals surface area contributed by atoms with Gasteiger partial charge in [0, 0.05) is 36.4 Å². The van der Waals surface area contributed by atoms with Crippen molar-refractivity contribution >= 4 is 49.9 Å². The van der Waals surface area contributed by atoms with Crippen molar-refractivity contribution in [3.63, 3.8) is 0 Å². The van der Waals surface area contributed by atoms with Crippen molar-refractivity contribution in [3.8, 4) is 0 Å². The van der Waals surface area contributed by atoms with E-state index in [1.807, 2.05) is 26.1 Å². The van der Waals surface area contributed by atoms with Crippen molar-refractivity contribution in [3.05, 3.63) is 52.9 Å². The van der Waals surface area contributed by atoms with Crippen LogP contribution in [0.5, 0.6) is 0 Å². The van der Waals surface area contributed by atoms with Gasteiger partial charge in [-0.25, -0.2) is 19.7 Å². The summed E-state index contributed by atoms with van der Waals surface area (Å²) >= 11 is 1.37. The molecular weight excluding hydrogens is 398 g/mol. The molecule has 0 saturated carbocycles. The van der Waals surface area contributed by atoms with E-state index in [9.17, 15) is 4.79 Å². The third kappa shape index (κ3) is 3.04. The monoisotopic (exact) mass is 419 g/mol. The summed E-state index contributed by atoms with van der Waals surface area (Å²) in [6.45, 7) is 5.71. The summed E-state index contributed by atoms with van der Waals surface area (Å²) in [5.74, 6) is 0.581. The van der Waals surface area contributed by atoms with Gasteiger partial charge in [-0.2, -0.15) is 0 Å². The molecule has 0 unspecified atom stereocenters. The standard InChI is InChI=1S/C22H21N5O2S/c1-3-29-22(28)18-13(2)17-20(25-12-26-21(17)30-18)27-9-6-14(7-10-27)16-11-24-19-15(16)5-4-8-23-19/h4-6,8,11-12H,3,7,9-10H2,1-2H3,(H,23,24). The van der Waals surface area contributed by atoms with Gasteiger partial charge in [0.25, 0.3) is 0 Å². The molecular formula is C22H21N5O2S. The predicted molar refractivity (Wildman–Crippen MR) is 119 cm³/mol. The van der Waals surface area contributed by atoms with E-state index in [1.54, 1.807) is 12.5 Å². The molecule has 1 aliphatic heterocycles. The number of nitrogens with one attached hydrogen (secondary N) is 1. The molecule has 0 aromatic carbocycles. The van der Waals surface area contributed by atoms with Crippen molar-refractivity contribution in [2.24, 2.45) is 0 Å². The highest BCUT2D eigenvalue weighted by Crippen LogP contribution is 2.37. The van der Waals surface area contributed by atoms with E-state index in [1.165, 1.54) is 22.5 Å². The lowest BCUT2D eigenvalue weighted by Gasteiger charge is -2.28. The first-order valence-electron chi connectivity index (χ1n) is 9.95. The molecule has 1 N–H and O–H groups in total. The number of aromatic nitrogens is 4. The van der Waals surface area contributed by atoms with E-state index in [0.717, 1.165) is 52.1 Å². The highest BCUT2D eigenvalue weighted by molar-refractivity contribution is 7.20. The number of rotatable bonds is 4. The third-order valence-corrected chi connectivity index (χ3v) is 6.65. The lowest BCUT2D eigenvalue weighted by atomic mass is 9.99. The molecule has 0 radical (unpaired) electrons. The Balaban J connectivity index is 1.48. The SMILES string of the molecule is CCOC(=O)c1sc2ncnc(N3CC=C(c4c[nH]c5ncccc45)CC3)c2c1C. The molecule has 0 aliphatic carbocycles. The summed E-state index contributed by atoms with van der Waals surface area (Å²) in [6.07, 6.45) is 8.57. The Morgan fingerprint density at radius 1 is 1.33 bits per heavy atom. The van der Waals surface area contributed by atoms with E-state index in [4.69, 9.17) is 4.74 Å². The molecule has 0 atom stereocenters. The van der Waals surface area contributed by atoms with Crippen LogP contribution in [0.1, 0.15) is 34.1 Å². The second kappa shape index (κ2) is 7.53. The largest absolute Gasteiger partial charge is 0.462 e. The fraction of sp³-hybridized carbons (Fsp3) is 0.273. The minimum absolute atomic E-state index is 0.294. The van der Waals surface area contributed by atoms with Crippen LogP contribution in [0.15, 0.2) is 36.9 Å². The molecule has 7 nitrogen and oxygen atoms in total. The zero-order chi connectivity index (χ0) is 20.7. The maximum absolute atomic E-state index is 12.3. The second-order valence-electron chi connectivity index (χ2n) is 7.18. The molecule has 4 aromatic heterocycles. The number of fused-ring (bicyclic) bond motifs is 2. The summed E-state index contributed by atoms with van der Waals surface area (Å²) in [7, 11) is 0. The molecule has 5 heterocycles. The van der Waals surface area contributed by atoms with Crippen molar-refractivity contribution in [2.75, 3.05) is 24.6 Å². The van der Waals surface area contributed by atoms with E-state index < -0.39 is 0 Å². The van der Waals surface area contributed by atoms with Crippen LogP contribution >= 0.6 is 11.3 Å². The highest BCUT2D eigenvalue weighted by Gasteiger charge is 2.24. The minimum atomic E-state index is -0.294. The number of nitrogens with zero attached hydrogens (tertiary/aromatic N) is 4. The van der Waals surface area contributed by atoms with E-state index in [2.05, 4.69) is 37.0 Å². The van der Waals surface area contributed by atoms with E-state index in [-0.39, 0.29) is 5.97 Å². The van der Waals surface area contributed by atoms with Crippen molar-refractivity contribution in [1.29, 1.82) is 0 Å². The number of hydrogen-bond donors (Lipinski definition) is 1. The number of hydrogen-bond acceptors (Lipinski definition) is 7. The third-order valence-electron chi connectivity index (χ3n) is 5.47. The molecule has 152 valence electrons. The zero-order valence-corrected chi connectivity index (χ0v) is 17.6. The number of pyridine rings is 1. The quantitative estimate of drug-likeness (QED) is 0.495. The maximum atomic E-state index is 12.3. The molecule has 4 aromatic rings. The Morgan fingerprint density at radius 2 is 2.23 bits per heavy atom. The van der Waals surface area contributed by atoms with E-state index in [0.29, 0.717) is 11.5 Å². The minimum Gasteiger partial charge on any atom is -0.462 e. The summed E-state index contributed by atoms with van der Waals surface area (Å²) < 4.78 is 5.21. The lowest BCUT2D eigenvalue weighted by molar-refractivity contribution is 0.0531. The predicted octanol–water partition coefficient (Wildman–Crippen LogP) is 4.35. The molecule has 0 bridgehead atoms. The van der Waals surface area contributed by atoms with Crippen LogP contribution in [0.2, 0.25) is 0 Å². The summed E-state index contributed by atoms with van der Waals surface area (Å²) in [5, 5.41) is 2.09. The molecule has 1 aliphatic rings. The molecule has 30 heavy (non-hydrogen) atoms. The van der Waals surface area contributed by atoms with Crippen LogP contribution in [0.3, 0.4) is 0 Å². The van der Waals surface area contributed by atoms with Gasteiger partial charge < -0.3 is 14.6 Å². The normalized spacial score (nSPS) is 14.3. The van der Waals surface area contributed by atoms with Gasteiger partial charge in [0.05, 0.1) is 12.0 Å². The lowest BCUT2D eigenvalue weighted by Crippen LogP contribution is -2.29. The highest BCUT2D eigenvalue weighted by atomic mass is 32.1. The van der Waals surface area contributed by atoms with Crippen LogP contribution < -0.4 is 4.90 Å². The van der Waals surface area contributed by atoms with Gasteiger partial charge >= 0.3 is 5.97 Å². The van der Waals surface area contributed by atoms with Gasteiger partial charge in [-0.3, -0.25) is 0 Å². The summed E-state index contributed by atoms with van der Waals surface area (Å²) in [6, 6.07) is 4.06. The van der Waals surface area contributed by atoms with Crippen molar-refractivity contribution in [1.82, 2.24) is 19.9 Å². The Morgan fingerprint density at radius 3 is 3.03 bits per heavy atom. The second-order valence-corrected chi connectivity index (χ2v) is 8.18. The van der Waals surface area contributed by atoms with Crippen LogP contribution in [-0.4, -0.2) is 45.6 Å². The Bertz CT molecular complexity index is 1290. The average molecular weight is 420 g/mol. The Labute approximate surface area is 177 Å². The Hall–Kier alpha value is -3.26. The number of aromatic amines is 1. The zero-order valence-electron chi connectivity index (χ0n) is 16.8. The topological polar surface area (TPSA) is 84.0 Å². The number of ether oxygens (including phenoxy) is 1. The molecule has 0 amide bonds. The number of carbonyl (C=O) groups is 1. The van der Waals surface area contributed by atoms with Gasteiger partial charge in [0.15, 0.2) is 0 Å². The maximum Gasteiger partial charge on any atom is 0.348 e. The first-order valence-corrected chi connectivity index (χ1v) is 10.8. The number of H-pyrrole nitrogens is 1. The summed E-state index contributed by atoms with van der Waals surface area (Å²) in [5.41, 5.74) is 4.32. The number of anilines is 1. The number of esters is 1. The Kier molecular flexibility index (Phi) is 4.71. The number of carbonyl (C=O) groups excluding carboxylic acids is 1. The molecule has 0 saturated heterocycles. The fourth-order valence-corrected chi connectivity index (χ4v) is 5.05.